The van der Waals surface area contributed by atoms with Crippen molar-refractivity contribution in [1.82, 2.24) is 30.4 Å². The number of nitrogens with one attached hydrogen (secondary N) is 2. The maximum atomic E-state index is 14.5. The number of hydroxylamine groups is 2. The number of hydrogen-bond acceptors (Lipinski definition) is 11. The van der Waals surface area contributed by atoms with Crippen LogP contribution in [0.5, 0.6) is 0 Å². The van der Waals surface area contributed by atoms with Gasteiger partial charge in [0.15, 0.2) is 0 Å². The number of methoxy groups -OCH3 is 2. The van der Waals surface area contributed by atoms with Crippen molar-refractivity contribution in [3.05, 3.63) is 35.9 Å². The first-order valence-electron chi connectivity index (χ1n) is 23.0. The number of imide groups is 1. The van der Waals surface area contributed by atoms with Crippen LogP contribution in [0.2, 0.25) is 0 Å². The Morgan fingerprint density at radius 1 is 0.903 bits per heavy atom. The number of carbonyl (C=O) groups excluding carboxylic acids is 4. The van der Waals surface area contributed by atoms with Crippen molar-refractivity contribution in [2.75, 3.05) is 54.6 Å². The van der Waals surface area contributed by atoms with Crippen LogP contribution in [0.3, 0.4) is 0 Å². The maximum absolute atomic E-state index is 14.5. The lowest BCUT2D eigenvalue weighted by molar-refractivity contribution is -0.224. The summed E-state index contributed by atoms with van der Waals surface area (Å²) in [6.45, 7) is 16.0. The first kappa shape index (κ1) is 51.2. The molecule has 15 nitrogen and oxygen atoms in total. The van der Waals surface area contributed by atoms with Gasteiger partial charge in [0.1, 0.15) is 5.66 Å². The fourth-order valence-electron chi connectivity index (χ4n) is 10.3. The van der Waals surface area contributed by atoms with Gasteiger partial charge in [-0.1, -0.05) is 85.2 Å². The maximum Gasteiger partial charge on any atom is 0.303 e. The Morgan fingerprint density at radius 3 is 2.13 bits per heavy atom. The smallest absolute Gasteiger partial charge is 0.303 e. The number of hydrogen-bond donors (Lipinski definition) is 3. The van der Waals surface area contributed by atoms with Crippen LogP contribution in [-0.2, 0) is 38.3 Å². The van der Waals surface area contributed by atoms with E-state index >= 15 is 0 Å². The Labute approximate surface area is 370 Å². The summed E-state index contributed by atoms with van der Waals surface area (Å²) in [6, 6.07) is 8.18. The van der Waals surface area contributed by atoms with E-state index in [1.165, 1.54) is 0 Å². The van der Waals surface area contributed by atoms with E-state index in [-0.39, 0.29) is 60.4 Å². The fraction of sp³-hybridized carbons (Fsp3) is 0.766. The van der Waals surface area contributed by atoms with Crippen molar-refractivity contribution in [2.24, 2.45) is 23.7 Å². The van der Waals surface area contributed by atoms with Gasteiger partial charge in [-0.2, -0.15) is 5.06 Å². The number of likely N-dealkylation sites (tertiary alicyclic amines) is 1. The second kappa shape index (κ2) is 23.5. The average Bonchev–Trinajstić information content (AvgIpc) is 3.75. The van der Waals surface area contributed by atoms with Crippen LogP contribution in [-0.4, -0.2) is 151 Å². The standard InChI is InChI=1S/C47H78N6O9/c1-12-32(6)42(51(9)41(31(4)5)46(59)48-45(58)40(30(2)3)50(8)24-19-23-39(55)56)37(60-10)28-38(54)52-25-18-22-36(52)43(61-11)33(7)44(57)49-47(53-26-16-17-27-62-53)29-35(47)34-20-14-13-15-21-34/h13-15,20-21,30-33,35-37,40-43H,12,16-19,22-29H2,1-11H3,(H,49,57)(H,55,56)(H,48,58,59)/t32-,33+,35?,36-,37+,40-,41-,42-,43+,47-/m0/s1. The van der Waals surface area contributed by atoms with Crippen LogP contribution in [0, 0.1) is 23.7 Å². The first-order valence-corrected chi connectivity index (χ1v) is 23.0. The number of carbonyl (C=O) groups is 5. The molecule has 3 N–H and O–H groups in total. The molecule has 0 radical (unpaired) electrons. The molecule has 350 valence electrons. The first-order chi connectivity index (χ1) is 29.4. The van der Waals surface area contributed by atoms with Gasteiger partial charge in [-0.15, -0.1) is 0 Å². The second-order valence-electron chi connectivity index (χ2n) is 18.7. The lowest BCUT2D eigenvalue weighted by Gasteiger charge is -2.43. The molecule has 1 aromatic carbocycles. The highest BCUT2D eigenvalue weighted by molar-refractivity contribution is 6.00. The highest BCUT2D eigenvalue weighted by atomic mass is 16.7. The number of carboxylic acids is 1. The monoisotopic (exact) mass is 871 g/mol. The van der Waals surface area contributed by atoms with E-state index in [2.05, 4.69) is 36.6 Å². The van der Waals surface area contributed by atoms with Crippen molar-refractivity contribution in [3.63, 3.8) is 0 Å². The summed E-state index contributed by atoms with van der Waals surface area (Å²) >= 11 is 0. The fourth-order valence-corrected chi connectivity index (χ4v) is 10.3. The molecule has 10 atom stereocenters. The van der Waals surface area contributed by atoms with Gasteiger partial charge in [-0.25, -0.2) is 0 Å². The van der Waals surface area contributed by atoms with Crippen LogP contribution >= 0.6 is 0 Å². The summed E-state index contributed by atoms with van der Waals surface area (Å²) in [5.74, 6) is -2.81. The van der Waals surface area contributed by atoms with Crippen molar-refractivity contribution in [3.8, 4) is 0 Å². The normalized spacial score (nSPS) is 24.1. The Hall–Kier alpha value is -3.47. The molecule has 3 aliphatic rings. The molecule has 0 bridgehead atoms. The Bertz CT molecular complexity index is 1630. The van der Waals surface area contributed by atoms with Crippen LogP contribution in [0.15, 0.2) is 30.3 Å². The summed E-state index contributed by atoms with van der Waals surface area (Å²) < 4.78 is 12.3. The minimum Gasteiger partial charge on any atom is -0.481 e. The van der Waals surface area contributed by atoms with Crippen LogP contribution < -0.4 is 10.6 Å². The molecule has 15 heteroatoms. The third-order valence-electron chi connectivity index (χ3n) is 13.7. The molecule has 3 fully saturated rings. The van der Waals surface area contributed by atoms with E-state index in [0.29, 0.717) is 32.5 Å². The molecule has 1 aliphatic carbocycles. The summed E-state index contributed by atoms with van der Waals surface area (Å²) in [4.78, 5) is 79.5. The number of benzene rings is 1. The van der Waals surface area contributed by atoms with Gasteiger partial charge >= 0.3 is 5.97 Å². The van der Waals surface area contributed by atoms with Crippen LogP contribution in [0.1, 0.15) is 118 Å². The molecule has 4 rings (SSSR count). The molecule has 2 heterocycles. The summed E-state index contributed by atoms with van der Waals surface area (Å²) in [7, 11) is 6.84. The largest absolute Gasteiger partial charge is 0.481 e. The zero-order chi connectivity index (χ0) is 45.9. The Kier molecular flexibility index (Phi) is 19.4. The molecule has 2 saturated heterocycles. The molecule has 2 aliphatic heterocycles. The minimum absolute atomic E-state index is 0.00874. The van der Waals surface area contributed by atoms with Crippen LogP contribution in [0.4, 0.5) is 0 Å². The summed E-state index contributed by atoms with van der Waals surface area (Å²) in [6.07, 6.45) is 4.21. The highest BCUT2D eigenvalue weighted by Gasteiger charge is 2.62. The van der Waals surface area contributed by atoms with E-state index in [0.717, 1.165) is 44.2 Å². The number of amides is 4. The SMILES string of the molecule is CC[C@H](C)[C@@H]([C@@H](CC(=O)N1CCC[C@H]1[C@H](OC)[C@@H](C)C(=O)N[C@]1(N2CCCCO2)CC1c1ccccc1)OC)N(C)[C@H](C(=O)NC(=O)[C@H](C(C)C)N(C)CCCC(=O)O)C(C)C. The van der Waals surface area contributed by atoms with Crippen molar-refractivity contribution < 1.29 is 43.4 Å². The molecule has 0 spiro atoms. The van der Waals surface area contributed by atoms with Gasteiger partial charge in [0, 0.05) is 45.7 Å². The van der Waals surface area contributed by atoms with Gasteiger partial charge < -0.3 is 24.8 Å². The number of nitrogens with zero attached hydrogens (tertiary/aromatic N) is 4. The predicted molar refractivity (Wildman–Crippen MR) is 238 cm³/mol. The van der Waals surface area contributed by atoms with Crippen LogP contribution in [0.25, 0.3) is 0 Å². The van der Waals surface area contributed by atoms with Gasteiger partial charge in [-0.05, 0) is 82.5 Å². The van der Waals surface area contributed by atoms with E-state index in [1.54, 1.807) is 26.2 Å². The zero-order valence-corrected chi connectivity index (χ0v) is 39.4. The van der Waals surface area contributed by atoms with Gasteiger partial charge in [-0.3, -0.25) is 43.9 Å². The number of ether oxygens (including phenoxy) is 2. The van der Waals surface area contributed by atoms with Gasteiger partial charge in [0.05, 0.1) is 49.3 Å². The van der Waals surface area contributed by atoms with Crippen molar-refractivity contribution in [2.45, 2.75) is 154 Å². The molecular weight excluding hydrogens is 793 g/mol. The lowest BCUT2D eigenvalue weighted by atomic mass is 9.87. The Morgan fingerprint density at radius 2 is 1.56 bits per heavy atom. The van der Waals surface area contributed by atoms with E-state index < -0.39 is 53.7 Å². The van der Waals surface area contributed by atoms with E-state index in [4.69, 9.17) is 19.4 Å². The molecule has 1 saturated carbocycles. The summed E-state index contributed by atoms with van der Waals surface area (Å²) in [5, 5.41) is 17.2. The molecule has 62 heavy (non-hydrogen) atoms. The second-order valence-corrected chi connectivity index (χ2v) is 18.7. The predicted octanol–water partition coefficient (Wildman–Crippen LogP) is 4.90. The topological polar surface area (TPSA) is 170 Å². The van der Waals surface area contributed by atoms with Crippen molar-refractivity contribution in [1.29, 1.82) is 0 Å². The Balaban J connectivity index is 1.49. The van der Waals surface area contributed by atoms with Crippen molar-refractivity contribution >= 4 is 29.6 Å². The third-order valence-corrected chi connectivity index (χ3v) is 13.7. The number of aliphatic carboxylic acids is 1. The zero-order valence-electron chi connectivity index (χ0n) is 39.4. The quantitative estimate of drug-likeness (QED) is 0.129. The van der Waals surface area contributed by atoms with E-state index in [9.17, 15) is 24.0 Å². The number of carboxylic acid groups (broad SMARTS) is 1. The van der Waals surface area contributed by atoms with E-state index in [1.807, 2.05) is 74.7 Å². The average molecular weight is 871 g/mol. The molecule has 0 aromatic heterocycles. The molecule has 1 aromatic rings. The minimum atomic E-state index is -0.897. The molecular formula is C47H78N6O9. The molecule has 4 amide bonds. The molecule has 1 unspecified atom stereocenters. The lowest BCUT2D eigenvalue weighted by Crippen LogP contribution is -2.60. The highest BCUT2D eigenvalue weighted by Crippen LogP contribution is 2.54. The number of likely N-dealkylation sites (N-methyl/N-ethyl adjacent to an activating group) is 2. The third kappa shape index (κ3) is 12.4. The van der Waals surface area contributed by atoms with Gasteiger partial charge in [0.2, 0.25) is 23.6 Å². The number of rotatable bonds is 24. The summed E-state index contributed by atoms with van der Waals surface area (Å²) in [5.41, 5.74) is 0.510. The van der Waals surface area contributed by atoms with Gasteiger partial charge in [0.25, 0.3) is 0 Å².